The third-order valence-corrected chi connectivity index (χ3v) is 4.34. The van der Waals surface area contributed by atoms with Gasteiger partial charge < -0.3 is 5.32 Å². The summed E-state index contributed by atoms with van der Waals surface area (Å²) in [6.07, 6.45) is 0. The Kier molecular flexibility index (Phi) is 4.51. The zero-order valence-electron chi connectivity index (χ0n) is 12.5. The molecular formula is C18H18N2OS. The van der Waals surface area contributed by atoms with Gasteiger partial charge in [0.1, 0.15) is 0 Å². The van der Waals surface area contributed by atoms with E-state index >= 15 is 0 Å². The second-order valence-corrected chi connectivity index (χ2v) is 6.36. The average molecular weight is 310 g/mol. The molecule has 1 N–H and O–H groups in total. The van der Waals surface area contributed by atoms with Crippen LogP contribution in [0.1, 0.15) is 4.88 Å². The third kappa shape index (κ3) is 3.53. The summed E-state index contributed by atoms with van der Waals surface area (Å²) in [6, 6.07) is 18.1. The van der Waals surface area contributed by atoms with E-state index in [-0.39, 0.29) is 5.91 Å². The number of fused-ring (bicyclic) bond motifs is 1. The van der Waals surface area contributed by atoms with Crippen LogP contribution in [0.25, 0.3) is 10.8 Å². The lowest BCUT2D eigenvalue weighted by Gasteiger charge is -2.16. The summed E-state index contributed by atoms with van der Waals surface area (Å²) in [6.45, 7) is 1.17. The standard InChI is InChI=1S/C18H18N2OS/c1-20(12-15-8-5-11-22-15)13-18(21)19-17-10-4-7-14-6-2-3-9-16(14)17/h2-11H,12-13H2,1H3,(H,19,21). The summed E-state index contributed by atoms with van der Waals surface area (Å²) in [5, 5.41) is 7.27. The van der Waals surface area contributed by atoms with Crippen LogP contribution in [0.5, 0.6) is 0 Å². The van der Waals surface area contributed by atoms with Crippen LogP contribution < -0.4 is 5.32 Å². The van der Waals surface area contributed by atoms with Crippen molar-refractivity contribution in [2.45, 2.75) is 6.54 Å². The first-order valence-corrected chi connectivity index (χ1v) is 8.09. The molecule has 1 heterocycles. The van der Waals surface area contributed by atoms with Crippen LogP contribution in [0, 0.1) is 0 Å². The van der Waals surface area contributed by atoms with Gasteiger partial charge in [-0.05, 0) is 29.9 Å². The van der Waals surface area contributed by atoms with Crippen LogP contribution >= 0.6 is 11.3 Å². The first-order valence-electron chi connectivity index (χ1n) is 7.21. The Labute approximate surface area is 134 Å². The van der Waals surface area contributed by atoms with Gasteiger partial charge in [-0.1, -0.05) is 42.5 Å². The van der Waals surface area contributed by atoms with Gasteiger partial charge in [0.2, 0.25) is 5.91 Å². The molecule has 0 radical (unpaired) electrons. The van der Waals surface area contributed by atoms with E-state index in [1.54, 1.807) is 11.3 Å². The Hall–Kier alpha value is -2.17. The lowest BCUT2D eigenvalue weighted by molar-refractivity contribution is -0.117. The number of nitrogens with zero attached hydrogens (tertiary/aromatic N) is 1. The molecule has 2 aromatic carbocycles. The highest BCUT2D eigenvalue weighted by atomic mass is 32.1. The molecule has 0 aliphatic heterocycles. The molecule has 0 bridgehead atoms. The predicted octanol–water partition coefficient (Wildman–Crippen LogP) is 3.97. The number of amides is 1. The molecule has 3 nitrogen and oxygen atoms in total. The molecule has 0 atom stereocenters. The van der Waals surface area contributed by atoms with Gasteiger partial charge >= 0.3 is 0 Å². The van der Waals surface area contributed by atoms with Gasteiger partial charge in [0.05, 0.1) is 6.54 Å². The zero-order chi connectivity index (χ0) is 15.4. The van der Waals surface area contributed by atoms with Crippen molar-refractivity contribution in [2.75, 3.05) is 18.9 Å². The van der Waals surface area contributed by atoms with Crippen LogP contribution in [0.3, 0.4) is 0 Å². The third-order valence-electron chi connectivity index (χ3n) is 3.48. The summed E-state index contributed by atoms with van der Waals surface area (Å²) in [5.41, 5.74) is 0.868. The fourth-order valence-electron chi connectivity index (χ4n) is 2.49. The number of carbonyl (C=O) groups excluding carboxylic acids is 1. The molecule has 112 valence electrons. The topological polar surface area (TPSA) is 32.3 Å². The van der Waals surface area contributed by atoms with Crippen LogP contribution in [0.4, 0.5) is 5.69 Å². The van der Waals surface area contributed by atoms with Crippen molar-refractivity contribution in [2.24, 2.45) is 0 Å². The predicted molar refractivity (Wildman–Crippen MR) is 93.2 cm³/mol. The highest BCUT2D eigenvalue weighted by molar-refractivity contribution is 7.09. The molecule has 4 heteroatoms. The maximum absolute atomic E-state index is 12.2. The number of thiophene rings is 1. The lowest BCUT2D eigenvalue weighted by atomic mass is 10.1. The van der Waals surface area contributed by atoms with Crippen LogP contribution in [-0.4, -0.2) is 24.4 Å². The Balaban J connectivity index is 1.65. The highest BCUT2D eigenvalue weighted by Crippen LogP contribution is 2.22. The van der Waals surface area contributed by atoms with Crippen molar-refractivity contribution >= 4 is 33.7 Å². The van der Waals surface area contributed by atoms with E-state index in [4.69, 9.17) is 0 Å². The summed E-state index contributed by atoms with van der Waals surface area (Å²) in [5.74, 6) is 0.00964. The van der Waals surface area contributed by atoms with E-state index in [0.29, 0.717) is 6.54 Å². The normalized spacial score (nSPS) is 11.0. The van der Waals surface area contributed by atoms with Crippen molar-refractivity contribution in [3.63, 3.8) is 0 Å². The van der Waals surface area contributed by atoms with Crippen LogP contribution in [-0.2, 0) is 11.3 Å². The zero-order valence-corrected chi connectivity index (χ0v) is 13.3. The first kappa shape index (κ1) is 14.8. The molecule has 1 aromatic heterocycles. The summed E-state index contributed by atoms with van der Waals surface area (Å²) < 4.78 is 0. The second kappa shape index (κ2) is 6.73. The molecule has 3 rings (SSSR count). The number of anilines is 1. The number of likely N-dealkylation sites (N-methyl/N-ethyl adjacent to an activating group) is 1. The Bertz CT molecular complexity index is 762. The number of benzene rings is 2. The lowest BCUT2D eigenvalue weighted by Crippen LogP contribution is -2.29. The van der Waals surface area contributed by atoms with Crippen molar-refractivity contribution in [1.29, 1.82) is 0 Å². The molecule has 0 aliphatic carbocycles. The summed E-state index contributed by atoms with van der Waals surface area (Å²) in [4.78, 5) is 15.5. The second-order valence-electron chi connectivity index (χ2n) is 5.33. The van der Waals surface area contributed by atoms with E-state index in [0.717, 1.165) is 23.0 Å². The quantitative estimate of drug-likeness (QED) is 0.773. The largest absolute Gasteiger partial charge is 0.324 e. The minimum absolute atomic E-state index is 0.00964. The molecule has 3 aromatic rings. The van der Waals surface area contributed by atoms with E-state index < -0.39 is 0 Å². The van der Waals surface area contributed by atoms with E-state index in [2.05, 4.69) is 16.8 Å². The molecule has 1 amide bonds. The SMILES string of the molecule is CN(CC(=O)Nc1cccc2ccccc12)Cc1cccs1. The van der Waals surface area contributed by atoms with E-state index in [1.165, 1.54) is 4.88 Å². The molecule has 0 spiro atoms. The van der Waals surface area contributed by atoms with Crippen LogP contribution in [0.15, 0.2) is 60.0 Å². The smallest absolute Gasteiger partial charge is 0.238 e. The Morgan fingerprint density at radius 3 is 2.73 bits per heavy atom. The maximum atomic E-state index is 12.2. The number of nitrogens with one attached hydrogen (secondary N) is 1. The van der Waals surface area contributed by atoms with E-state index in [1.807, 2.05) is 60.5 Å². The van der Waals surface area contributed by atoms with Crippen molar-refractivity contribution in [3.8, 4) is 0 Å². The molecule has 22 heavy (non-hydrogen) atoms. The van der Waals surface area contributed by atoms with Gasteiger partial charge in [0, 0.05) is 22.5 Å². The van der Waals surface area contributed by atoms with Gasteiger partial charge in [-0.2, -0.15) is 0 Å². The van der Waals surface area contributed by atoms with Crippen molar-refractivity contribution < 1.29 is 4.79 Å². The fraction of sp³-hybridized carbons (Fsp3) is 0.167. The first-order chi connectivity index (χ1) is 10.7. The van der Waals surface area contributed by atoms with Crippen molar-refractivity contribution in [3.05, 3.63) is 64.9 Å². The summed E-state index contributed by atoms with van der Waals surface area (Å²) in [7, 11) is 1.96. The fourth-order valence-corrected chi connectivity index (χ4v) is 3.28. The van der Waals surface area contributed by atoms with Gasteiger partial charge in [-0.15, -0.1) is 11.3 Å². The molecule has 0 unspecified atom stereocenters. The molecule has 0 aliphatic rings. The maximum Gasteiger partial charge on any atom is 0.238 e. The molecular weight excluding hydrogens is 292 g/mol. The van der Waals surface area contributed by atoms with Gasteiger partial charge in [-0.25, -0.2) is 0 Å². The van der Waals surface area contributed by atoms with Crippen LogP contribution in [0.2, 0.25) is 0 Å². The van der Waals surface area contributed by atoms with E-state index in [9.17, 15) is 4.79 Å². The Morgan fingerprint density at radius 2 is 1.91 bits per heavy atom. The highest BCUT2D eigenvalue weighted by Gasteiger charge is 2.09. The number of hydrogen-bond donors (Lipinski definition) is 1. The van der Waals surface area contributed by atoms with Crippen molar-refractivity contribution in [1.82, 2.24) is 4.90 Å². The van der Waals surface area contributed by atoms with Gasteiger partial charge in [0.25, 0.3) is 0 Å². The average Bonchev–Trinajstić information content (AvgIpc) is 3.00. The molecule has 0 saturated heterocycles. The van der Waals surface area contributed by atoms with Gasteiger partial charge in [-0.3, -0.25) is 9.69 Å². The molecule has 0 saturated carbocycles. The number of carbonyl (C=O) groups is 1. The minimum atomic E-state index is 0.00964. The summed E-state index contributed by atoms with van der Waals surface area (Å²) >= 11 is 1.71. The Morgan fingerprint density at radius 1 is 1.09 bits per heavy atom. The van der Waals surface area contributed by atoms with Gasteiger partial charge in [0.15, 0.2) is 0 Å². The molecule has 0 fully saturated rings. The monoisotopic (exact) mass is 310 g/mol. The number of rotatable bonds is 5. The number of hydrogen-bond acceptors (Lipinski definition) is 3. The minimum Gasteiger partial charge on any atom is -0.324 e.